The number of carbonyl (C=O) groups excluding carboxylic acids is 6. The molecule has 3 rings (SSSR count). The Bertz CT molecular complexity index is 1110. The molecule has 0 N–H and O–H groups in total. The van der Waals surface area contributed by atoms with Crippen molar-refractivity contribution in [2.24, 2.45) is 23.7 Å². The van der Waals surface area contributed by atoms with Gasteiger partial charge in [0, 0.05) is 24.8 Å². The van der Waals surface area contributed by atoms with Gasteiger partial charge in [0.15, 0.2) is 0 Å². The molecule has 0 unspecified atom stereocenters. The van der Waals surface area contributed by atoms with Crippen LogP contribution < -0.4 is 0 Å². The fourth-order valence-corrected chi connectivity index (χ4v) is 7.74. The van der Waals surface area contributed by atoms with Crippen LogP contribution in [0.2, 0.25) is 0 Å². The highest BCUT2D eigenvalue weighted by molar-refractivity contribution is 5.92. The first kappa shape index (κ1) is 49.1. The van der Waals surface area contributed by atoms with Gasteiger partial charge in [0.2, 0.25) is 0 Å². The van der Waals surface area contributed by atoms with Crippen LogP contribution in [0.4, 0.5) is 0 Å². The number of esters is 3. The normalized spacial score (nSPS) is 28.6. The summed E-state index contributed by atoms with van der Waals surface area (Å²) in [6.45, 7) is 18.7. The van der Waals surface area contributed by atoms with E-state index in [1.807, 2.05) is 20.8 Å². The predicted octanol–water partition coefficient (Wildman–Crippen LogP) is 7.11. The summed E-state index contributed by atoms with van der Waals surface area (Å²) in [5.74, 6) is -1.04. The molecular formula is C42H70O12. The lowest BCUT2D eigenvalue weighted by atomic mass is 9.79. The Balaban J connectivity index is 0.000000405. The second kappa shape index (κ2) is 27.6. The third-order valence-electron chi connectivity index (χ3n) is 10.3. The number of carbonyl (C=O) groups is 6. The van der Waals surface area contributed by atoms with E-state index in [4.69, 9.17) is 28.4 Å². The summed E-state index contributed by atoms with van der Waals surface area (Å²) in [4.78, 5) is 67.9. The molecule has 0 aromatic heterocycles. The Kier molecular flexibility index (Phi) is 25.1. The first-order chi connectivity index (χ1) is 25.9. The maximum atomic E-state index is 11.9. The lowest BCUT2D eigenvalue weighted by Gasteiger charge is -2.36. The lowest BCUT2D eigenvalue weighted by molar-refractivity contribution is -0.155. The van der Waals surface area contributed by atoms with Crippen molar-refractivity contribution in [3.05, 3.63) is 11.1 Å². The van der Waals surface area contributed by atoms with Gasteiger partial charge in [0.1, 0.15) is 18.9 Å². The average molecular weight is 767 g/mol. The van der Waals surface area contributed by atoms with E-state index in [1.165, 1.54) is 0 Å². The molecule has 3 fully saturated rings. The van der Waals surface area contributed by atoms with E-state index < -0.39 is 0 Å². The van der Waals surface area contributed by atoms with Crippen LogP contribution >= 0.6 is 0 Å². The summed E-state index contributed by atoms with van der Waals surface area (Å²) < 4.78 is 32.5. The highest BCUT2D eigenvalue weighted by Gasteiger charge is 2.37. The van der Waals surface area contributed by atoms with Crippen LogP contribution in [0.15, 0.2) is 11.1 Å². The number of rotatable bonds is 17. The Morgan fingerprint density at radius 2 is 1.02 bits per heavy atom. The van der Waals surface area contributed by atoms with Gasteiger partial charge >= 0.3 is 17.9 Å². The number of hydrogen-bond acceptors (Lipinski definition) is 12. The molecule has 0 amide bonds. The van der Waals surface area contributed by atoms with Crippen molar-refractivity contribution in [1.82, 2.24) is 0 Å². The van der Waals surface area contributed by atoms with E-state index >= 15 is 0 Å². The largest absolute Gasteiger partial charge is 0.466 e. The van der Waals surface area contributed by atoms with Crippen LogP contribution in [-0.2, 0) is 57.2 Å². The van der Waals surface area contributed by atoms with Crippen molar-refractivity contribution < 1.29 is 57.2 Å². The molecule has 3 saturated heterocycles. The third-order valence-corrected chi connectivity index (χ3v) is 10.3. The third kappa shape index (κ3) is 17.2. The van der Waals surface area contributed by atoms with Crippen molar-refractivity contribution in [3.63, 3.8) is 0 Å². The zero-order chi connectivity index (χ0) is 40.6. The zero-order valence-electron chi connectivity index (χ0n) is 34.5. The van der Waals surface area contributed by atoms with E-state index in [2.05, 4.69) is 20.8 Å². The Labute approximate surface area is 324 Å². The van der Waals surface area contributed by atoms with Gasteiger partial charge in [-0.05, 0) is 111 Å². The maximum absolute atomic E-state index is 11.9. The molecule has 54 heavy (non-hydrogen) atoms. The molecule has 0 saturated carbocycles. The van der Waals surface area contributed by atoms with Crippen LogP contribution in [0.3, 0.4) is 0 Å². The van der Waals surface area contributed by atoms with Gasteiger partial charge in [-0.2, -0.15) is 0 Å². The van der Waals surface area contributed by atoms with E-state index in [1.54, 1.807) is 20.8 Å². The molecule has 3 heterocycles. The quantitative estimate of drug-likeness (QED) is 0.0641. The van der Waals surface area contributed by atoms with Crippen LogP contribution in [0.5, 0.6) is 0 Å². The van der Waals surface area contributed by atoms with E-state index in [0.29, 0.717) is 31.8 Å². The predicted molar refractivity (Wildman–Crippen MR) is 205 cm³/mol. The van der Waals surface area contributed by atoms with Gasteiger partial charge in [0.25, 0.3) is 0 Å². The molecule has 0 aliphatic carbocycles. The molecule has 12 heteroatoms. The van der Waals surface area contributed by atoms with Gasteiger partial charge in [-0.25, -0.2) is 4.79 Å². The molecule has 0 radical (unpaired) electrons. The Hall–Kier alpha value is -2.96. The summed E-state index contributed by atoms with van der Waals surface area (Å²) in [5, 5.41) is 0. The molecule has 0 aromatic rings. The van der Waals surface area contributed by atoms with Crippen molar-refractivity contribution >= 4 is 36.8 Å². The first-order valence-electron chi connectivity index (χ1n) is 20.3. The summed E-state index contributed by atoms with van der Waals surface area (Å²) in [6.07, 6.45) is 11.6. The summed E-state index contributed by atoms with van der Waals surface area (Å²) in [6, 6.07) is 0. The smallest absolute Gasteiger partial charge is 0.334 e. The number of aldehydes is 3. The van der Waals surface area contributed by atoms with Gasteiger partial charge in [-0.15, -0.1) is 0 Å². The van der Waals surface area contributed by atoms with Crippen LogP contribution in [0.25, 0.3) is 0 Å². The zero-order valence-corrected chi connectivity index (χ0v) is 34.5. The maximum Gasteiger partial charge on any atom is 0.334 e. The van der Waals surface area contributed by atoms with E-state index in [0.717, 1.165) is 75.8 Å². The monoisotopic (exact) mass is 766 g/mol. The highest BCUT2D eigenvalue weighted by Crippen LogP contribution is 2.35. The van der Waals surface area contributed by atoms with Gasteiger partial charge in [0.05, 0.1) is 68.3 Å². The summed E-state index contributed by atoms with van der Waals surface area (Å²) in [7, 11) is 0. The SMILES string of the molecule is CCOC(=O)/C(CC=O)=C1\C[C@@H](CC)O[C@H](C)C1.CCOC(=O)[C@H](CC=O)[C@@H]1C[C@@H](CC)O[C@H](C)C1.CCOC(=O)[C@H](CC=O)[C@H]1C[C@@H](CC)O[C@H](C)C1. The Morgan fingerprint density at radius 1 is 0.593 bits per heavy atom. The van der Waals surface area contributed by atoms with E-state index in [-0.39, 0.29) is 97.5 Å². The molecule has 3 aliphatic rings. The number of hydrogen-bond donors (Lipinski definition) is 0. The average Bonchev–Trinajstić information content (AvgIpc) is 3.14. The summed E-state index contributed by atoms with van der Waals surface area (Å²) >= 11 is 0. The van der Waals surface area contributed by atoms with Crippen LogP contribution in [0, 0.1) is 23.7 Å². The van der Waals surface area contributed by atoms with Crippen molar-refractivity contribution in [2.45, 2.75) is 176 Å². The minimum atomic E-state index is -0.358. The second-order valence-corrected chi connectivity index (χ2v) is 14.5. The molecule has 10 atom stereocenters. The molecule has 0 spiro atoms. The Morgan fingerprint density at radius 3 is 1.39 bits per heavy atom. The van der Waals surface area contributed by atoms with Crippen LogP contribution in [-0.4, -0.2) is 93.2 Å². The molecule has 3 aliphatic heterocycles. The first-order valence-corrected chi connectivity index (χ1v) is 20.3. The summed E-state index contributed by atoms with van der Waals surface area (Å²) in [5.41, 5.74) is 1.55. The molecule has 12 nitrogen and oxygen atoms in total. The van der Waals surface area contributed by atoms with Crippen molar-refractivity contribution in [3.8, 4) is 0 Å². The second-order valence-electron chi connectivity index (χ2n) is 14.5. The van der Waals surface area contributed by atoms with Crippen molar-refractivity contribution in [1.29, 1.82) is 0 Å². The fourth-order valence-electron chi connectivity index (χ4n) is 7.74. The standard InChI is InChI=1S/2C14H24O4.C14H22O4/c3*1-4-12-9-11(8-10(3)18-12)13(6-7-15)14(16)17-5-2/h2*7,10-13H,4-6,8-9H2,1-3H3;7,10,12H,4-6,8-9H2,1-3H3/b;;13-11-/t10-,11+,12-,13-;10-,11-,12-,13-;10-,12-/m111/s1. The minimum absolute atomic E-state index is 0.0924. The molecular weight excluding hydrogens is 696 g/mol. The number of ether oxygens (including phenoxy) is 6. The van der Waals surface area contributed by atoms with Gasteiger partial charge < -0.3 is 42.8 Å². The van der Waals surface area contributed by atoms with Crippen molar-refractivity contribution in [2.75, 3.05) is 19.8 Å². The van der Waals surface area contributed by atoms with Gasteiger partial charge in [-0.1, -0.05) is 26.3 Å². The van der Waals surface area contributed by atoms with E-state index in [9.17, 15) is 28.8 Å². The molecule has 310 valence electrons. The van der Waals surface area contributed by atoms with Crippen LogP contribution in [0.1, 0.15) is 139 Å². The topological polar surface area (TPSA) is 158 Å². The highest BCUT2D eigenvalue weighted by atomic mass is 16.5. The lowest BCUT2D eigenvalue weighted by Crippen LogP contribution is -2.37. The van der Waals surface area contributed by atoms with Gasteiger partial charge in [-0.3, -0.25) is 9.59 Å². The fraction of sp³-hybridized carbons (Fsp3) is 0.810. The molecule has 0 aromatic carbocycles. The minimum Gasteiger partial charge on any atom is -0.466 e. The molecule has 0 bridgehead atoms.